The minimum atomic E-state index is 0.558. The molecule has 1 aromatic rings. The molecule has 1 aromatic heterocycles. The van der Waals surface area contributed by atoms with E-state index in [0.717, 1.165) is 31.8 Å². The highest BCUT2D eigenvalue weighted by Gasteiger charge is 2.22. The maximum atomic E-state index is 4.81. The summed E-state index contributed by atoms with van der Waals surface area (Å²) in [6.45, 7) is 12.4. The molecule has 0 radical (unpaired) electrons. The summed E-state index contributed by atoms with van der Waals surface area (Å²) in [7, 11) is 0. The lowest BCUT2D eigenvalue weighted by Crippen LogP contribution is -2.24. The lowest BCUT2D eigenvalue weighted by atomic mass is 9.99. The van der Waals surface area contributed by atoms with Gasteiger partial charge in [-0.25, -0.2) is 0 Å². The standard InChI is InChI=1S/C17H31N3/c1-6-16(7-2)20-14(5)17(13(4)19-20)10-12(3)11-18-15-8-9-15/h12,15-16,18H,6-11H2,1-5H3. The molecule has 1 unspecified atom stereocenters. The van der Waals surface area contributed by atoms with Gasteiger partial charge >= 0.3 is 0 Å². The minimum Gasteiger partial charge on any atom is -0.314 e. The van der Waals surface area contributed by atoms with Crippen LogP contribution in [0.25, 0.3) is 0 Å². The number of hydrogen-bond acceptors (Lipinski definition) is 2. The SMILES string of the molecule is CCC(CC)n1nc(C)c(CC(C)CNC2CC2)c1C. The smallest absolute Gasteiger partial charge is 0.0628 e. The quantitative estimate of drug-likeness (QED) is 0.783. The van der Waals surface area contributed by atoms with Crippen molar-refractivity contribution in [1.29, 1.82) is 0 Å². The number of rotatable bonds is 8. The molecule has 20 heavy (non-hydrogen) atoms. The van der Waals surface area contributed by atoms with Crippen LogP contribution in [-0.2, 0) is 6.42 Å². The second kappa shape index (κ2) is 6.75. The molecule has 0 spiro atoms. The third-order valence-electron chi connectivity index (χ3n) is 4.65. The first kappa shape index (κ1) is 15.6. The molecule has 1 aliphatic rings. The molecule has 1 atom stereocenters. The average Bonchev–Trinajstić information content (AvgIpc) is 3.21. The maximum Gasteiger partial charge on any atom is 0.0628 e. The number of nitrogens with zero attached hydrogens (tertiary/aromatic N) is 2. The summed E-state index contributed by atoms with van der Waals surface area (Å²) < 4.78 is 2.27. The maximum absolute atomic E-state index is 4.81. The predicted octanol–water partition coefficient (Wildman–Crippen LogP) is 3.79. The Morgan fingerprint density at radius 2 is 1.90 bits per heavy atom. The highest BCUT2D eigenvalue weighted by atomic mass is 15.3. The normalized spacial score (nSPS) is 16.9. The summed E-state index contributed by atoms with van der Waals surface area (Å²) in [4.78, 5) is 0. The van der Waals surface area contributed by atoms with Crippen molar-refractivity contribution in [3.05, 3.63) is 17.0 Å². The van der Waals surface area contributed by atoms with Gasteiger partial charge in [-0.2, -0.15) is 5.10 Å². The molecule has 114 valence electrons. The Kier molecular flexibility index (Phi) is 5.25. The van der Waals surface area contributed by atoms with Gasteiger partial charge in [-0.05, 0) is 64.0 Å². The van der Waals surface area contributed by atoms with Crippen LogP contribution >= 0.6 is 0 Å². The van der Waals surface area contributed by atoms with E-state index in [2.05, 4.69) is 44.6 Å². The molecule has 0 amide bonds. The van der Waals surface area contributed by atoms with Crippen molar-refractivity contribution in [2.24, 2.45) is 5.92 Å². The van der Waals surface area contributed by atoms with E-state index < -0.39 is 0 Å². The van der Waals surface area contributed by atoms with Crippen LogP contribution in [0.1, 0.15) is 69.4 Å². The van der Waals surface area contributed by atoms with Crippen LogP contribution in [0, 0.1) is 19.8 Å². The molecule has 1 aliphatic carbocycles. The second-order valence-corrected chi connectivity index (χ2v) is 6.56. The first-order valence-electron chi connectivity index (χ1n) is 8.34. The van der Waals surface area contributed by atoms with E-state index in [0.29, 0.717) is 12.0 Å². The van der Waals surface area contributed by atoms with Gasteiger partial charge in [0, 0.05) is 11.7 Å². The highest BCUT2D eigenvalue weighted by Crippen LogP contribution is 2.24. The summed E-state index contributed by atoms with van der Waals surface area (Å²) in [5, 5.41) is 8.45. The summed E-state index contributed by atoms with van der Waals surface area (Å²) in [5.74, 6) is 0.687. The topological polar surface area (TPSA) is 29.9 Å². The molecule has 3 nitrogen and oxygen atoms in total. The van der Waals surface area contributed by atoms with Gasteiger partial charge in [0.15, 0.2) is 0 Å². The molecule has 3 heteroatoms. The van der Waals surface area contributed by atoms with Gasteiger partial charge in [-0.3, -0.25) is 4.68 Å². The van der Waals surface area contributed by atoms with Crippen LogP contribution < -0.4 is 5.32 Å². The van der Waals surface area contributed by atoms with Crippen molar-refractivity contribution < 1.29 is 0 Å². The Balaban J connectivity index is 2.02. The van der Waals surface area contributed by atoms with E-state index >= 15 is 0 Å². The first-order chi connectivity index (χ1) is 9.56. The zero-order valence-corrected chi connectivity index (χ0v) is 13.9. The molecule has 0 aromatic carbocycles. The molecular formula is C17H31N3. The molecular weight excluding hydrogens is 246 g/mol. The summed E-state index contributed by atoms with van der Waals surface area (Å²) in [6.07, 6.45) is 6.22. The average molecular weight is 277 g/mol. The first-order valence-corrected chi connectivity index (χ1v) is 8.34. The van der Waals surface area contributed by atoms with E-state index in [1.54, 1.807) is 0 Å². The van der Waals surface area contributed by atoms with Crippen molar-refractivity contribution in [3.63, 3.8) is 0 Å². The van der Waals surface area contributed by atoms with Crippen LogP contribution in [0.2, 0.25) is 0 Å². The van der Waals surface area contributed by atoms with Crippen molar-refractivity contribution in [2.75, 3.05) is 6.54 Å². The van der Waals surface area contributed by atoms with E-state index in [1.807, 2.05) is 0 Å². The Hall–Kier alpha value is -0.830. The van der Waals surface area contributed by atoms with Gasteiger partial charge < -0.3 is 5.32 Å². The van der Waals surface area contributed by atoms with Crippen LogP contribution in [0.3, 0.4) is 0 Å². The summed E-state index contributed by atoms with van der Waals surface area (Å²) in [6, 6.07) is 1.37. The summed E-state index contributed by atoms with van der Waals surface area (Å²) in [5.41, 5.74) is 4.09. The zero-order valence-electron chi connectivity index (χ0n) is 13.9. The van der Waals surface area contributed by atoms with Crippen molar-refractivity contribution >= 4 is 0 Å². The van der Waals surface area contributed by atoms with Crippen LogP contribution in [-0.4, -0.2) is 22.4 Å². The van der Waals surface area contributed by atoms with Crippen LogP contribution in [0.15, 0.2) is 0 Å². The van der Waals surface area contributed by atoms with Crippen LogP contribution in [0.4, 0.5) is 0 Å². The number of aromatic nitrogens is 2. The number of aryl methyl sites for hydroxylation is 1. The molecule has 2 rings (SSSR count). The predicted molar refractivity (Wildman–Crippen MR) is 85.2 cm³/mol. The van der Waals surface area contributed by atoms with Gasteiger partial charge in [0.25, 0.3) is 0 Å². The molecule has 0 aliphatic heterocycles. The molecule has 1 fully saturated rings. The number of nitrogens with one attached hydrogen (secondary N) is 1. The Morgan fingerprint density at radius 3 is 2.45 bits per heavy atom. The van der Waals surface area contributed by atoms with Gasteiger partial charge in [0.1, 0.15) is 0 Å². The van der Waals surface area contributed by atoms with Gasteiger partial charge in [-0.15, -0.1) is 0 Å². The third kappa shape index (κ3) is 3.63. The zero-order chi connectivity index (χ0) is 14.7. The van der Waals surface area contributed by atoms with Gasteiger partial charge in [-0.1, -0.05) is 20.8 Å². The molecule has 1 saturated carbocycles. The van der Waals surface area contributed by atoms with Crippen molar-refractivity contribution in [2.45, 2.75) is 78.8 Å². The lowest BCUT2D eigenvalue weighted by molar-refractivity contribution is 0.417. The van der Waals surface area contributed by atoms with E-state index in [9.17, 15) is 0 Å². The summed E-state index contributed by atoms with van der Waals surface area (Å²) >= 11 is 0. The minimum absolute atomic E-state index is 0.558. The Labute approximate surface area is 124 Å². The molecule has 0 bridgehead atoms. The lowest BCUT2D eigenvalue weighted by Gasteiger charge is -2.16. The van der Waals surface area contributed by atoms with Crippen molar-refractivity contribution in [1.82, 2.24) is 15.1 Å². The fourth-order valence-corrected chi connectivity index (χ4v) is 3.06. The second-order valence-electron chi connectivity index (χ2n) is 6.56. The van der Waals surface area contributed by atoms with Crippen molar-refractivity contribution in [3.8, 4) is 0 Å². The Morgan fingerprint density at radius 1 is 1.25 bits per heavy atom. The molecule has 1 heterocycles. The largest absolute Gasteiger partial charge is 0.314 e. The van der Waals surface area contributed by atoms with E-state index in [1.165, 1.54) is 29.8 Å². The third-order valence-corrected chi connectivity index (χ3v) is 4.65. The van der Waals surface area contributed by atoms with Crippen LogP contribution in [0.5, 0.6) is 0 Å². The van der Waals surface area contributed by atoms with Gasteiger partial charge in [0.2, 0.25) is 0 Å². The van der Waals surface area contributed by atoms with Gasteiger partial charge in [0.05, 0.1) is 11.7 Å². The van der Waals surface area contributed by atoms with E-state index in [-0.39, 0.29) is 0 Å². The Bertz CT molecular complexity index is 428. The monoisotopic (exact) mass is 277 g/mol. The fraction of sp³-hybridized carbons (Fsp3) is 0.824. The van der Waals surface area contributed by atoms with E-state index in [4.69, 9.17) is 5.10 Å². The highest BCUT2D eigenvalue weighted by molar-refractivity contribution is 5.25. The molecule has 1 N–H and O–H groups in total. The fourth-order valence-electron chi connectivity index (χ4n) is 3.06. The molecule has 0 saturated heterocycles. The number of hydrogen-bond donors (Lipinski definition) is 1.